The lowest BCUT2D eigenvalue weighted by Gasteiger charge is -2.10. The van der Waals surface area contributed by atoms with Gasteiger partial charge in [0.05, 0.1) is 17.1 Å². The Morgan fingerprint density at radius 2 is 0.533 bits per heavy atom. The first-order chi connectivity index (χ1) is 37.0. The molecule has 9 heteroatoms. The molecule has 0 radical (unpaired) electrons. The second-order valence-electron chi connectivity index (χ2n) is 19.5. The normalized spacial score (nSPS) is 11.6. The minimum absolute atomic E-state index is 0.0148. The van der Waals surface area contributed by atoms with Crippen molar-refractivity contribution in [2.75, 3.05) is 0 Å². The maximum absolute atomic E-state index is 6.20. The van der Waals surface area contributed by atoms with E-state index in [2.05, 4.69) is 109 Å². The van der Waals surface area contributed by atoms with Crippen LogP contribution >= 0.6 is 0 Å². The molecule has 9 nitrogen and oxygen atoms in total. The summed E-state index contributed by atoms with van der Waals surface area (Å²) in [5, 5.41) is 0. The van der Waals surface area contributed by atoms with Crippen molar-refractivity contribution in [1.29, 1.82) is 0 Å². The average molecular weight is 1000 g/mol. The Morgan fingerprint density at radius 1 is 0.293 bits per heavy atom. The fourth-order valence-corrected chi connectivity index (χ4v) is 8.66. The minimum Gasteiger partial charge on any atom is -0.424 e. The molecule has 7 rings (SSSR count). The number of unbranched alkanes of at least 4 members (excludes halogenated alkanes) is 15. The second-order valence-corrected chi connectivity index (χ2v) is 19.5. The molecule has 7 aromatic rings. The van der Waals surface area contributed by atoms with Gasteiger partial charge in [0.15, 0.2) is 0 Å². The van der Waals surface area contributed by atoms with E-state index in [1.807, 2.05) is 91.4 Å². The van der Waals surface area contributed by atoms with E-state index in [1.165, 1.54) is 132 Å². The van der Waals surface area contributed by atoms with E-state index in [-0.39, 0.29) is 18.0 Å². The van der Waals surface area contributed by atoms with Crippen LogP contribution in [0.25, 0.3) is 0 Å². The molecule has 0 bridgehead atoms. The van der Waals surface area contributed by atoms with E-state index in [9.17, 15) is 0 Å². The summed E-state index contributed by atoms with van der Waals surface area (Å²) in [6.45, 7) is 6.78. The van der Waals surface area contributed by atoms with Gasteiger partial charge in [-0.3, -0.25) is 15.0 Å². The van der Waals surface area contributed by atoms with Gasteiger partial charge >= 0.3 is 18.0 Å². The van der Waals surface area contributed by atoms with E-state index in [4.69, 9.17) is 29.2 Å². The summed E-state index contributed by atoms with van der Waals surface area (Å²) in [7, 11) is 0. The lowest BCUT2D eigenvalue weighted by Crippen LogP contribution is -2.01. The second kappa shape index (κ2) is 32.1. The van der Waals surface area contributed by atoms with Crippen molar-refractivity contribution >= 4 is 35.7 Å². The Labute approximate surface area is 447 Å². The van der Waals surface area contributed by atoms with Crippen molar-refractivity contribution < 1.29 is 14.2 Å². The number of hydrogen-bond acceptors (Lipinski definition) is 9. The Kier molecular flexibility index (Phi) is 23.8. The Balaban J connectivity index is 0.978. The number of benzene rings is 6. The summed E-state index contributed by atoms with van der Waals surface area (Å²) in [4.78, 5) is 27.7. The number of rotatable bonds is 33. The topological polar surface area (TPSA) is 103 Å². The number of aliphatic imine (C=N–C) groups is 3. The zero-order valence-corrected chi connectivity index (χ0v) is 44.8. The number of ether oxygens (including phenoxy) is 3. The van der Waals surface area contributed by atoms with Gasteiger partial charge in [-0.1, -0.05) is 153 Å². The van der Waals surface area contributed by atoms with Gasteiger partial charge in [0, 0.05) is 18.6 Å². The highest BCUT2D eigenvalue weighted by atomic mass is 16.5. The van der Waals surface area contributed by atoms with Gasteiger partial charge < -0.3 is 14.2 Å². The van der Waals surface area contributed by atoms with Crippen LogP contribution in [0.3, 0.4) is 0 Å². The molecule has 0 unspecified atom stereocenters. The molecule has 0 saturated carbocycles. The zero-order valence-electron chi connectivity index (χ0n) is 44.8. The lowest BCUT2D eigenvalue weighted by atomic mass is 10.0. The quantitative estimate of drug-likeness (QED) is 0.0300. The van der Waals surface area contributed by atoms with E-state index in [0.717, 1.165) is 53.0 Å². The molecule has 6 aromatic carbocycles. The van der Waals surface area contributed by atoms with Crippen molar-refractivity contribution in [2.45, 2.75) is 156 Å². The van der Waals surface area contributed by atoms with E-state index in [0.29, 0.717) is 17.2 Å². The SMILES string of the molecule is CCCCCCCCc1ccc(N=Cc2ccc(Oc3nc(Oc4ccc(C=Nc5ccc(CCCCCCCC)cc5)cc4)nc(Oc4ccc(C=Nc5ccc(CCCCCCCC)cc5)cc4)n3)cc2)cc1. The highest BCUT2D eigenvalue weighted by Crippen LogP contribution is 2.28. The van der Waals surface area contributed by atoms with Gasteiger partial charge in [-0.05, 0) is 181 Å². The van der Waals surface area contributed by atoms with Gasteiger partial charge in [0.2, 0.25) is 0 Å². The van der Waals surface area contributed by atoms with Crippen LogP contribution in [0.15, 0.2) is 161 Å². The van der Waals surface area contributed by atoms with Gasteiger partial charge in [-0.15, -0.1) is 15.0 Å². The van der Waals surface area contributed by atoms with Crippen LogP contribution in [0.5, 0.6) is 35.3 Å². The third-order valence-electron chi connectivity index (χ3n) is 13.2. The molecule has 0 aliphatic rings. The molecule has 1 heterocycles. The Hall–Kier alpha value is -7.26. The largest absolute Gasteiger partial charge is 0.424 e. The first kappa shape index (κ1) is 55.5. The monoisotopic (exact) mass is 1000 g/mol. The van der Waals surface area contributed by atoms with Crippen LogP contribution in [-0.4, -0.2) is 33.6 Å². The molecule has 1 aromatic heterocycles. The molecule has 0 saturated heterocycles. The summed E-state index contributed by atoms with van der Waals surface area (Å²) in [5.74, 6) is 1.59. The van der Waals surface area contributed by atoms with Crippen molar-refractivity contribution in [3.63, 3.8) is 0 Å². The summed E-state index contributed by atoms with van der Waals surface area (Å²) < 4.78 is 18.6. The summed E-state index contributed by atoms with van der Waals surface area (Å²) in [5.41, 5.74) is 9.59. The third-order valence-corrected chi connectivity index (χ3v) is 13.2. The molecule has 0 fully saturated rings. The number of aryl methyl sites for hydroxylation is 3. The van der Waals surface area contributed by atoms with Crippen LogP contribution in [0.2, 0.25) is 0 Å². The van der Waals surface area contributed by atoms with Crippen molar-refractivity contribution in [3.8, 4) is 35.3 Å². The van der Waals surface area contributed by atoms with Gasteiger partial charge in [-0.2, -0.15) is 0 Å². The van der Waals surface area contributed by atoms with Crippen molar-refractivity contribution in [2.24, 2.45) is 15.0 Å². The van der Waals surface area contributed by atoms with Gasteiger partial charge in [-0.25, -0.2) is 0 Å². The Bertz CT molecular complexity index is 2450. The van der Waals surface area contributed by atoms with E-state index in [1.54, 1.807) is 0 Å². The fraction of sp³-hybridized carbons (Fsp3) is 0.364. The minimum atomic E-state index is 0.0148. The molecule has 0 amide bonds. The molecule has 75 heavy (non-hydrogen) atoms. The van der Waals surface area contributed by atoms with Crippen LogP contribution in [0, 0.1) is 0 Å². The smallest absolute Gasteiger partial charge is 0.331 e. The first-order valence-electron chi connectivity index (χ1n) is 28.0. The average Bonchev–Trinajstić information content (AvgIpc) is 3.44. The molecular formula is C66H78N6O3. The molecule has 0 spiro atoms. The first-order valence-corrected chi connectivity index (χ1v) is 28.0. The Morgan fingerprint density at radius 3 is 0.787 bits per heavy atom. The molecule has 0 aliphatic carbocycles. The zero-order chi connectivity index (χ0) is 52.0. The van der Waals surface area contributed by atoms with Crippen LogP contribution < -0.4 is 14.2 Å². The van der Waals surface area contributed by atoms with Gasteiger partial charge in [0.25, 0.3) is 0 Å². The highest BCUT2D eigenvalue weighted by Gasteiger charge is 2.14. The summed E-state index contributed by atoms with van der Waals surface area (Å²) in [6.07, 6.45) is 32.3. The molecule has 390 valence electrons. The molecular weight excluding hydrogens is 925 g/mol. The van der Waals surface area contributed by atoms with E-state index >= 15 is 0 Å². The predicted octanol–water partition coefficient (Wildman–Crippen LogP) is 19.2. The number of nitrogens with zero attached hydrogens (tertiary/aromatic N) is 6. The predicted molar refractivity (Wildman–Crippen MR) is 312 cm³/mol. The maximum atomic E-state index is 6.20. The van der Waals surface area contributed by atoms with Crippen LogP contribution in [0.4, 0.5) is 17.1 Å². The van der Waals surface area contributed by atoms with Crippen LogP contribution in [0.1, 0.15) is 170 Å². The third kappa shape index (κ3) is 20.9. The van der Waals surface area contributed by atoms with Crippen molar-refractivity contribution in [1.82, 2.24) is 15.0 Å². The number of aromatic nitrogens is 3. The summed E-state index contributed by atoms with van der Waals surface area (Å²) >= 11 is 0. The van der Waals surface area contributed by atoms with E-state index < -0.39 is 0 Å². The molecule has 0 aliphatic heterocycles. The fourth-order valence-electron chi connectivity index (χ4n) is 8.66. The van der Waals surface area contributed by atoms with Crippen LogP contribution in [-0.2, 0) is 19.3 Å². The molecule has 0 N–H and O–H groups in total. The highest BCUT2D eigenvalue weighted by molar-refractivity contribution is 5.83. The lowest BCUT2D eigenvalue weighted by molar-refractivity contribution is 0.362. The van der Waals surface area contributed by atoms with Crippen molar-refractivity contribution in [3.05, 3.63) is 179 Å². The summed E-state index contributed by atoms with van der Waals surface area (Å²) in [6, 6.07) is 48.4. The van der Waals surface area contributed by atoms with Gasteiger partial charge in [0.1, 0.15) is 17.2 Å². The standard InChI is InChI=1S/C66H78N6O3/c1-4-7-10-13-16-19-22-52-25-37-58(38-26-52)67-49-55-31-43-61(44-32-55)73-64-70-65(74-62-45-33-56(34-46-62)50-68-59-39-27-53(28-40-59)23-20-17-14-11-8-5-2)72-66(71-64)75-63-47-35-57(36-48-63)51-69-60-41-29-54(30-42-60)24-21-18-15-12-9-6-3/h25-51H,4-24H2,1-3H3. The maximum Gasteiger partial charge on any atom is 0.331 e. The molecule has 0 atom stereocenters. The number of hydrogen-bond donors (Lipinski definition) is 0.